The van der Waals surface area contributed by atoms with Crippen molar-refractivity contribution in [3.8, 4) is 6.07 Å². The van der Waals surface area contributed by atoms with Gasteiger partial charge in [-0.3, -0.25) is 9.59 Å². The number of alkyl halides is 3. The van der Waals surface area contributed by atoms with Gasteiger partial charge in [-0.15, -0.1) is 0 Å². The van der Waals surface area contributed by atoms with Crippen LogP contribution in [0.15, 0.2) is 41.3 Å². The number of nitriles is 1. The first-order valence-corrected chi connectivity index (χ1v) is 12.9. The van der Waals surface area contributed by atoms with E-state index < -0.39 is 56.3 Å². The number of hydrogen-bond donors (Lipinski definition) is 2. The fourth-order valence-electron chi connectivity index (χ4n) is 4.26. The molecule has 1 heterocycles. The highest BCUT2D eigenvalue weighted by Gasteiger charge is 2.56. The third-order valence-corrected chi connectivity index (χ3v) is 7.80. The van der Waals surface area contributed by atoms with E-state index in [1.165, 1.54) is 18.2 Å². The van der Waals surface area contributed by atoms with Crippen LogP contribution in [0.1, 0.15) is 42.5 Å². The van der Waals surface area contributed by atoms with Crippen LogP contribution in [0.4, 0.5) is 23.2 Å². The Kier molecular flexibility index (Phi) is 6.12. The molecule has 4 rings (SSSR count). The normalized spacial score (nSPS) is 19.9. The smallest absolute Gasteiger partial charge is 0.376 e. The van der Waals surface area contributed by atoms with Gasteiger partial charge in [0.15, 0.2) is 15.4 Å². The molecule has 13 heteroatoms. The number of hydrogen-bond acceptors (Lipinski definition) is 6. The van der Waals surface area contributed by atoms with Crippen molar-refractivity contribution in [1.82, 2.24) is 4.90 Å². The molecular formula is C24H21F4N3O5S. The van der Waals surface area contributed by atoms with Crippen LogP contribution < -0.4 is 5.32 Å². The van der Waals surface area contributed by atoms with Gasteiger partial charge in [-0.25, -0.2) is 12.8 Å². The minimum absolute atomic E-state index is 0.0319. The Morgan fingerprint density at radius 2 is 1.84 bits per heavy atom. The predicted octanol–water partition coefficient (Wildman–Crippen LogP) is 3.32. The van der Waals surface area contributed by atoms with Crippen molar-refractivity contribution < 1.29 is 40.7 Å². The van der Waals surface area contributed by atoms with Crippen LogP contribution in [-0.2, 0) is 31.6 Å². The lowest BCUT2D eigenvalue weighted by Crippen LogP contribution is -2.40. The molecule has 2 atom stereocenters. The van der Waals surface area contributed by atoms with Crippen molar-refractivity contribution in [3.05, 3.63) is 58.9 Å². The van der Waals surface area contributed by atoms with Gasteiger partial charge in [-0.1, -0.05) is 12.1 Å². The number of carbonyl (C=O) groups is 2. The summed E-state index contributed by atoms with van der Waals surface area (Å²) in [6.45, 7) is 0.247. The number of carbonyl (C=O) groups excluding carboxylic acids is 2. The number of fused-ring (bicyclic) bond motifs is 1. The van der Waals surface area contributed by atoms with Crippen molar-refractivity contribution in [3.63, 3.8) is 0 Å². The maximum absolute atomic E-state index is 14.5. The molecule has 1 aliphatic carbocycles. The molecule has 2 aromatic carbocycles. The van der Waals surface area contributed by atoms with Gasteiger partial charge >= 0.3 is 6.18 Å². The molecule has 2 N–H and O–H groups in total. The number of anilines is 1. The Labute approximate surface area is 209 Å². The fraction of sp³-hybridized carbons (Fsp3) is 0.375. The summed E-state index contributed by atoms with van der Waals surface area (Å²) >= 11 is 0. The van der Waals surface area contributed by atoms with Crippen LogP contribution in [0.5, 0.6) is 0 Å². The van der Waals surface area contributed by atoms with E-state index in [-0.39, 0.29) is 17.1 Å². The van der Waals surface area contributed by atoms with Gasteiger partial charge in [0.1, 0.15) is 17.3 Å². The van der Waals surface area contributed by atoms with Gasteiger partial charge in [-0.05, 0) is 55.2 Å². The summed E-state index contributed by atoms with van der Waals surface area (Å²) in [5.74, 6) is -2.88. The summed E-state index contributed by atoms with van der Waals surface area (Å²) < 4.78 is 77.9. The zero-order valence-corrected chi connectivity index (χ0v) is 20.4. The second kappa shape index (κ2) is 8.53. The van der Waals surface area contributed by atoms with Crippen molar-refractivity contribution >= 4 is 27.3 Å². The fourth-order valence-corrected chi connectivity index (χ4v) is 4.93. The Hall–Kier alpha value is -3.50. The van der Waals surface area contributed by atoms with Gasteiger partial charge in [0.2, 0.25) is 5.91 Å². The topological polar surface area (TPSA) is 128 Å². The molecule has 8 nitrogen and oxygen atoms in total. The van der Waals surface area contributed by atoms with E-state index in [0.717, 1.165) is 17.2 Å². The first kappa shape index (κ1) is 26.6. The van der Waals surface area contributed by atoms with E-state index in [1.54, 1.807) is 0 Å². The van der Waals surface area contributed by atoms with E-state index in [0.29, 0.717) is 43.0 Å². The zero-order chi connectivity index (χ0) is 27.6. The first-order valence-electron chi connectivity index (χ1n) is 11.0. The van der Waals surface area contributed by atoms with Crippen LogP contribution in [0.3, 0.4) is 0 Å². The molecular weight excluding hydrogens is 518 g/mol. The summed E-state index contributed by atoms with van der Waals surface area (Å²) in [5.41, 5.74) is -5.38. The molecule has 1 aliphatic heterocycles. The van der Waals surface area contributed by atoms with Crippen molar-refractivity contribution in [2.24, 2.45) is 5.41 Å². The Morgan fingerprint density at radius 1 is 1.19 bits per heavy atom. The monoisotopic (exact) mass is 539 g/mol. The number of nitrogens with one attached hydrogen (secondary N) is 1. The molecule has 1 saturated carbocycles. The molecule has 37 heavy (non-hydrogen) atoms. The lowest BCUT2D eigenvalue weighted by Gasteiger charge is -2.28. The molecule has 0 bridgehead atoms. The zero-order valence-electron chi connectivity index (χ0n) is 19.6. The van der Waals surface area contributed by atoms with Gasteiger partial charge in [-0.2, -0.15) is 18.4 Å². The van der Waals surface area contributed by atoms with Crippen LogP contribution in [0.2, 0.25) is 0 Å². The van der Waals surface area contributed by atoms with Crippen molar-refractivity contribution in [1.29, 1.82) is 5.26 Å². The molecule has 0 aromatic heterocycles. The maximum atomic E-state index is 14.5. The van der Waals surface area contributed by atoms with E-state index in [1.807, 2.05) is 6.07 Å². The lowest BCUT2D eigenvalue weighted by atomic mass is 9.94. The van der Waals surface area contributed by atoms with Crippen LogP contribution in [0.25, 0.3) is 0 Å². The number of sulfone groups is 1. The lowest BCUT2D eigenvalue weighted by molar-refractivity contribution is -0.259. The van der Waals surface area contributed by atoms with E-state index in [4.69, 9.17) is 0 Å². The average molecular weight is 540 g/mol. The highest BCUT2D eigenvalue weighted by atomic mass is 32.2. The van der Waals surface area contributed by atoms with Gasteiger partial charge in [0.05, 0.1) is 11.0 Å². The van der Waals surface area contributed by atoms with Crippen molar-refractivity contribution in [2.45, 2.75) is 49.0 Å². The summed E-state index contributed by atoms with van der Waals surface area (Å²) in [7, 11) is -3.60. The van der Waals surface area contributed by atoms with Crippen LogP contribution >= 0.6 is 0 Å². The number of amides is 2. The van der Waals surface area contributed by atoms with E-state index >= 15 is 0 Å². The second-order valence-corrected chi connectivity index (χ2v) is 11.4. The first-order chi connectivity index (χ1) is 17.0. The van der Waals surface area contributed by atoms with Gasteiger partial charge in [0.25, 0.3) is 5.91 Å². The Morgan fingerprint density at radius 3 is 2.35 bits per heavy atom. The number of nitrogens with zero attached hydrogens (tertiary/aromatic N) is 2. The van der Waals surface area contributed by atoms with Gasteiger partial charge < -0.3 is 15.3 Å². The quantitative estimate of drug-likeness (QED) is 0.562. The summed E-state index contributed by atoms with van der Waals surface area (Å²) in [4.78, 5) is 27.6. The minimum Gasteiger partial charge on any atom is -0.376 e. The minimum atomic E-state index is -5.16. The maximum Gasteiger partial charge on any atom is 0.421 e. The highest BCUT2D eigenvalue weighted by Crippen LogP contribution is 2.50. The molecule has 2 amide bonds. The summed E-state index contributed by atoms with van der Waals surface area (Å²) in [6, 6.07) is 6.91. The molecule has 0 radical (unpaired) electrons. The molecule has 2 aromatic rings. The SMILES string of the molecule is CC(O)(c1ccc(NC(=O)C2c3ccc(S(C)(=O)=O)cc3CN2C(=O)C2(C#N)CC2)cc1F)C(F)(F)F. The summed E-state index contributed by atoms with van der Waals surface area (Å²) in [5, 5.41) is 21.6. The number of halogens is 4. The number of benzene rings is 2. The van der Waals surface area contributed by atoms with Crippen LogP contribution in [0, 0.1) is 22.6 Å². The molecule has 1 fully saturated rings. The Balaban J connectivity index is 1.68. The van der Waals surface area contributed by atoms with Crippen molar-refractivity contribution in [2.75, 3.05) is 11.6 Å². The second-order valence-electron chi connectivity index (χ2n) is 9.42. The summed E-state index contributed by atoms with van der Waals surface area (Å²) in [6.07, 6.45) is -3.56. The molecule has 0 spiro atoms. The van der Waals surface area contributed by atoms with Gasteiger partial charge in [0, 0.05) is 24.1 Å². The molecule has 2 unspecified atom stereocenters. The largest absolute Gasteiger partial charge is 0.421 e. The van der Waals surface area contributed by atoms with E-state index in [9.17, 15) is 45.9 Å². The number of rotatable bonds is 5. The molecule has 196 valence electrons. The average Bonchev–Trinajstić information content (AvgIpc) is 3.49. The number of aliphatic hydroxyl groups is 1. The predicted molar refractivity (Wildman–Crippen MR) is 121 cm³/mol. The third-order valence-electron chi connectivity index (χ3n) is 6.69. The third kappa shape index (κ3) is 4.55. The highest BCUT2D eigenvalue weighted by molar-refractivity contribution is 7.90. The standard InChI is InChI=1S/C24H21F4N3O5S/c1-22(34,24(26,27)28)17-6-3-14(10-18(17)25)30-20(32)19-16-5-4-15(37(2,35)36)9-13(16)11-31(19)21(33)23(12-29)7-8-23/h3-6,9-10,19,34H,7-8,11H2,1-2H3,(H,30,32). The van der Waals surface area contributed by atoms with E-state index in [2.05, 4.69) is 5.32 Å². The Bertz CT molecular complexity index is 1460. The molecule has 2 aliphatic rings. The molecule has 0 saturated heterocycles. The van der Waals surface area contributed by atoms with Crippen LogP contribution in [-0.4, -0.2) is 42.7 Å².